The molecule has 0 aliphatic rings. The summed E-state index contributed by atoms with van der Waals surface area (Å²) < 4.78 is 4.85. The highest BCUT2D eigenvalue weighted by Gasteiger charge is 2.17. The molecule has 0 fully saturated rings. The lowest BCUT2D eigenvalue weighted by molar-refractivity contribution is 1.13. The fraction of sp³-hybridized carbons (Fsp3) is 0. The van der Waals surface area contributed by atoms with Crippen LogP contribution < -0.4 is 0 Å². The lowest BCUT2D eigenvalue weighted by Gasteiger charge is -2.16. The smallest absolute Gasteiger partial charge is 0.0541 e. The van der Waals surface area contributed by atoms with Crippen LogP contribution in [-0.2, 0) is 0 Å². The Bertz CT molecular complexity index is 2530. The summed E-state index contributed by atoms with van der Waals surface area (Å²) in [7, 11) is 0. The molecule has 3 aromatic heterocycles. The quantitative estimate of drug-likeness (QED) is 0.218. The van der Waals surface area contributed by atoms with Gasteiger partial charge in [-0.05, 0) is 71.8 Å². The topological polar surface area (TPSA) is 25.6 Å². The Morgan fingerprint density at radius 2 is 0.733 bits per heavy atom. The van der Waals surface area contributed by atoms with E-state index in [9.17, 15) is 0 Å². The first-order valence-corrected chi connectivity index (χ1v) is 15.4. The van der Waals surface area contributed by atoms with Gasteiger partial charge in [0.2, 0.25) is 0 Å². The van der Waals surface area contributed by atoms with Crippen molar-refractivity contribution in [2.75, 3.05) is 0 Å². The number of hydrogen-bond acceptors (Lipinski definition) is 0. The number of nitrogens with zero attached hydrogens (tertiary/aromatic N) is 2. The molecule has 0 amide bonds. The Balaban J connectivity index is 1.32. The van der Waals surface area contributed by atoms with Crippen molar-refractivity contribution in [2.24, 2.45) is 0 Å². The van der Waals surface area contributed by atoms with Crippen molar-refractivity contribution in [1.82, 2.24) is 14.1 Å². The number of aromatic nitrogens is 3. The van der Waals surface area contributed by atoms with E-state index in [1.165, 1.54) is 65.5 Å². The highest BCUT2D eigenvalue weighted by atomic mass is 15.0. The molecule has 0 aliphatic carbocycles. The Hall–Kier alpha value is -6.06. The number of nitrogens with one attached hydrogen (secondary N) is 1. The molecule has 10 rings (SSSR count). The van der Waals surface area contributed by atoms with Crippen LogP contribution in [0.15, 0.2) is 158 Å². The van der Waals surface area contributed by atoms with Crippen LogP contribution in [0.2, 0.25) is 0 Å². The van der Waals surface area contributed by atoms with Gasteiger partial charge in [-0.3, -0.25) is 0 Å². The lowest BCUT2D eigenvalue weighted by Crippen LogP contribution is -2.00. The second-order valence-corrected chi connectivity index (χ2v) is 11.9. The van der Waals surface area contributed by atoms with E-state index in [1.807, 2.05) is 0 Å². The normalized spacial score (nSPS) is 12.0. The van der Waals surface area contributed by atoms with E-state index >= 15 is 0 Å². The third-order valence-corrected chi connectivity index (χ3v) is 9.42. The molecular formula is C42H27N3. The molecule has 0 spiro atoms. The summed E-state index contributed by atoms with van der Waals surface area (Å²) in [5.41, 5.74) is 11.8. The van der Waals surface area contributed by atoms with Gasteiger partial charge >= 0.3 is 0 Å². The average Bonchev–Trinajstić information content (AvgIpc) is 3.75. The molecule has 10 aromatic rings. The minimum atomic E-state index is 1.14. The van der Waals surface area contributed by atoms with E-state index in [-0.39, 0.29) is 0 Å². The van der Waals surface area contributed by atoms with Crippen LogP contribution >= 0.6 is 0 Å². The Morgan fingerprint density at radius 3 is 1.24 bits per heavy atom. The predicted octanol–water partition coefficient (Wildman–Crippen LogP) is 11.2. The lowest BCUT2D eigenvalue weighted by atomic mass is 10.0. The van der Waals surface area contributed by atoms with Crippen molar-refractivity contribution >= 4 is 65.4 Å². The second kappa shape index (κ2) is 9.22. The standard InChI is InChI=1S/C42H27N3/c1-6-16-37-31(11-1)36-25-27(21-22-38(36)43-37)28-23-29(44-39-17-7-2-12-32(39)33-13-3-8-18-40(33)44)26-30(24-28)45-41-19-9-4-14-34(41)35-15-5-10-20-42(35)45/h1-26,43H. The maximum atomic E-state index is 3.60. The summed E-state index contributed by atoms with van der Waals surface area (Å²) in [6.45, 7) is 0. The first kappa shape index (κ1) is 24.4. The van der Waals surface area contributed by atoms with E-state index in [1.54, 1.807) is 0 Å². The van der Waals surface area contributed by atoms with Gasteiger partial charge in [0.05, 0.1) is 22.1 Å². The number of aromatic amines is 1. The Morgan fingerprint density at radius 1 is 0.311 bits per heavy atom. The zero-order valence-corrected chi connectivity index (χ0v) is 24.4. The van der Waals surface area contributed by atoms with Gasteiger partial charge in [-0.1, -0.05) is 97.1 Å². The van der Waals surface area contributed by atoms with Crippen molar-refractivity contribution < 1.29 is 0 Å². The maximum Gasteiger partial charge on any atom is 0.0541 e. The fourth-order valence-corrected chi connectivity index (χ4v) is 7.45. The number of H-pyrrole nitrogens is 1. The van der Waals surface area contributed by atoms with E-state index in [0.717, 1.165) is 22.4 Å². The van der Waals surface area contributed by atoms with Crippen molar-refractivity contribution in [3.8, 4) is 22.5 Å². The van der Waals surface area contributed by atoms with Crippen LogP contribution in [0.3, 0.4) is 0 Å². The minimum Gasteiger partial charge on any atom is -0.355 e. The van der Waals surface area contributed by atoms with Crippen LogP contribution in [0.5, 0.6) is 0 Å². The van der Waals surface area contributed by atoms with E-state index in [0.29, 0.717) is 0 Å². The van der Waals surface area contributed by atoms with Crippen LogP contribution in [0.4, 0.5) is 0 Å². The molecule has 7 aromatic carbocycles. The zero-order chi connectivity index (χ0) is 29.5. The molecule has 45 heavy (non-hydrogen) atoms. The third-order valence-electron chi connectivity index (χ3n) is 9.42. The second-order valence-electron chi connectivity index (χ2n) is 11.9. The first-order chi connectivity index (χ1) is 22.3. The average molecular weight is 574 g/mol. The highest BCUT2D eigenvalue weighted by molar-refractivity contribution is 6.11. The van der Waals surface area contributed by atoms with Gasteiger partial charge in [-0.25, -0.2) is 0 Å². The largest absolute Gasteiger partial charge is 0.355 e. The molecule has 0 saturated carbocycles. The van der Waals surface area contributed by atoms with Gasteiger partial charge in [0.25, 0.3) is 0 Å². The SMILES string of the molecule is c1ccc2c(c1)[nH]c1ccc(-c3cc(-n4c5ccccc5c5ccccc54)cc(-n4c5ccccc5c5ccccc54)c3)cc12. The predicted molar refractivity (Wildman–Crippen MR) is 190 cm³/mol. The number of fused-ring (bicyclic) bond motifs is 9. The minimum absolute atomic E-state index is 1.14. The van der Waals surface area contributed by atoms with Crippen LogP contribution in [-0.4, -0.2) is 14.1 Å². The van der Waals surface area contributed by atoms with Crippen LogP contribution in [0, 0.1) is 0 Å². The van der Waals surface area contributed by atoms with E-state index < -0.39 is 0 Å². The summed E-state index contributed by atoms with van der Waals surface area (Å²) in [4.78, 5) is 3.60. The van der Waals surface area contributed by atoms with E-state index in [4.69, 9.17) is 0 Å². The molecule has 0 atom stereocenters. The molecule has 0 radical (unpaired) electrons. The number of para-hydroxylation sites is 5. The number of rotatable bonds is 3. The molecule has 3 heterocycles. The third kappa shape index (κ3) is 3.52. The molecule has 0 unspecified atom stereocenters. The van der Waals surface area contributed by atoms with Gasteiger partial charge in [0.1, 0.15) is 0 Å². The molecule has 1 N–H and O–H groups in total. The summed E-state index contributed by atoms with van der Waals surface area (Å²) >= 11 is 0. The zero-order valence-electron chi connectivity index (χ0n) is 24.4. The van der Waals surface area contributed by atoms with Crippen LogP contribution in [0.1, 0.15) is 0 Å². The molecule has 210 valence electrons. The summed E-state index contributed by atoms with van der Waals surface area (Å²) in [6, 6.07) is 57.4. The van der Waals surface area contributed by atoms with Crippen molar-refractivity contribution in [3.63, 3.8) is 0 Å². The Kier molecular flexibility index (Phi) is 5.00. The molecule has 3 nitrogen and oxygen atoms in total. The van der Waals surface area contributed by atoms with Gasteiger partial charge < -0.3 is 14.1 Å². The van der Waals surface area contributed by atoms with Gasteiger partial charge in [0.15, 0.2) is 0 Å². The number of benzene rings is 7. The molecular weight excluding hydrogens is 546 g/mol. The van der Waals surface area contributed by atoms with E-state index in [2.05, 4.69) is 172 Å². The summed E-state index contributed by atoms with van der Waals surface area (Å²) in [6.07, 6.45) is 0. The van der Waals surface area contributed by atoms with Gasteiger partial charge in [-0.15, -0.1) is 0 Å². The number of hydrogen-bond donors (Lipinski definition) is 1. The monoisotopic (exact) mass is 573 g/mol. The molecule has 0 saturated heterocycles. The molecule has 0 bridgehead atoms. The van der Waals surface area contributed by atoms with Crippen molar-refractivity contribution in [2.45, 2.75) is 0 Å². The highest BCUT2D eigenvalue weighted by Crippen LogP contribution is 2.38. The summed E-state index contributed by atoms with van der Waals surface area (Å²) in [5.74, 6) is 0. The van der Waals surface area contributed by atoms with Crippen molar-refractivity contribution in [1.29, 1.82) is 0 Å². The summed E-state index contributed by atoms with van der Waals surface area (Å²) in [5, 5.41) is 7.53. The Labute approximate surface area is 259 Å². The molecule has 0 aliphatic heterocycles. The van der Waals surface area contributed by atoms with Gasteiger partial charge in [-0.2, -0.15) is 0 Å². The van der Waals surface area contributed by atoms with Crippen molar-refractivity contribution in [3.05, 3.63) is 158 Å². The maximum absolute atomic E-state index is 3.60. The van der Waals surface area contributed by atoms with Crippen LogP contribution in [0.25, 0.3) is 87.9 Å². The molecule has 3 heteroatoms. The fourth-order valence-electron chi connectivity index (χ4n) is 7.45. The van der Waals surface area contributed by atoms with Gasteiger partial charge in [0, 0.05) is 54.7 Å². The first-order valence-electron chi connectivity index (χ1n) is 15.4.